The number of amides is 1. The molecule has 0 unspecified atom stereocenters. The van der Waals surface area contributed by atoms with E-state index in [1.54, 1.807) is 0 Å². The number of anilines is 2. The van der Waals surface area contributed by atoms with Gasteiger partial charge < -0.3 is 15.1 Å². The van der Waals surface area contributed by atoms with Crippen molar-refractivity contribution in [2.24, 2.45) is 0 Å². The van der Waals surface area contributed by atoms with E-state index >= 15 is 0 Å². The number of rotatable bonds is 7. The molecule has 2 heterocycles. The third kappa shape index (κ3) is 5.97. The van der Waals surface area contributed by atoms with Crippen LogP contribution in [0.5, 0.6) is 0 Å². The van der Waals surface area contributed by atoms with Crippen LogP contribution in [-0.2, 0) is 4.79 Å². The Morgan fingerprint density at radius 3 is 2.53 bits per heavy atom. The average Bonchev–Trinajstić information content (AvgIpc) is 3.28. The molecule has 2 aromatic carbocycles. The van der Waals surface area contributed by atoms with Gasteiger partial charge in [0.15, 0.2) is 4.34 Å². The maximum atomic E-state index is 12.7. The monoisotopic (exact) mass is 506 g/mol. The number of benzene rings is 2. The Morgan fingerprint density at radius 1 is 1.09 bits per heavy atom. The van der Waals surface area contributed by atoms with Crippen LogP contribution < -0.4 is 10.2 Å². The number of hydrogen-bond acceptors (Lipinski definition) is 6. The van der Waals surface area contributed by atoms with E-state index in [9.17, 15) is 4.79 Å². The Hall–Kier alpha value is -1.77. The number of carbonyl (C=O) groups excluding carboxylic acids is 1. The Labute approximate surface area is 206 Å². The van der Waals surface area contributed by atoms with Crippen LogP contribution in [0, 0.1) is 0 Å². The second-order valence-corrected chi connectivity index (χ2v) is 10.4. The normalized spacial score (nSPS) is 14.5. The molecule has 1 N–H and O–H groups in total. The van der Waals surface area contributed by atoms with E-state index in [-0.39, 0.29) is 11.7 Å². The molecule has 0 atom stereocenters. The summed E-state index contributed by atoms with van der Waals surface area (Å²) in [7, 11) is 0. The lowest BCUT2D eigenvalue weighted by molar-refractivity contribution is -0.113. The van der Waals surface area contributed by atoms with Gasteiger partial charge in [-0.3, -0.25) is 4.79 Å². The Bertz CT molecular complexity index is 1070. The van der Waals surface area contributed by atoms with Gasteiger partial charge in [0.25, 0.3) is 0 Å². The third-order valence-corrected chi connectivity index (χ3v) is 7.85. The largest absolute Gasteiger partial charge is 0.367 e. The van der Waals surface area contributed by atoms with E-state index in [1.165, 1.54) is 23.1 Å². The lowest BCUT2D eigenvalue weighted by Crippen LogP contribution is -2.46. The van der Waals surface area contributed by atoms with Gasteiger partial charge in [-0.2, -0.15) is 0 Å². The lowest BCUT2D eigenvalue weighted by Gasteiger charge is -2.36. The van der Waals surface area contributed by atoms with Gasteiger partial charge in [-0.05, 0) is 36.9 Å². The molecular formula is C23H24Cl2N4OS2. The highest BCUT2D eigenvalue weighted by atomic mass is 35.5. The van der Waals surface area contributed by atoms with Crippen molar-refractivity contribution in [3.05, 3.63) is 57.9 Å². The summed E-state index contributed by atoms with van der Waals surface area (Å²) in [5.74, 6) is 0.206. The zero-order valence-electron chi connectivity index (χ0n) is 17.7. The van der Waals surface area contributed by atoms with E-state index in [1.807, 2.05) is 47.8 Å². The molecule has 4 rings (SSSR count). The quantitative estimate of drug-likeness (QED) is 0.398. The highest BCUT2D eigenvalue weighted by Gasteiger charge is 2.19. The molecule has 0 aliphatic carbocycles. The van der Waals surface area contributed by atoms with Gasteiger partial charge in [-0.25, -0.2) is 4.98 Å². The number of thioether (sulfide) groups is 1. The fraction of sp³-hybridized carbons (Fsp3) is 0.304. The molecule has 1 saturated heterocycles. The molecule has 5 nitrogen and oxygen atoms in total. The fourth-order valence-corrected chi connectivity index (χ4v) is 5.51. The third-order valence-electron chi connectivity index (χ3n) is 5.34. The van der Waals surface area contributed by atoms with Crippen molar-refractivity contribution < 1.29 is 4.79 Å². The number of aromatic nitrogens is 1. The number of halogens is 2. The van der Waals surface area contributed by atoms with Crippen molar-refractivity contribution in [1.29, 1.82) is 0 Å². The molecule has 168 valence electrons. The molecule has 1 fully saturated rings. The molecule has 3 aromatic rings. The molecule has 32 heavy (non-hydrogen) atoms. The topological polar surface area (TPSA) is 48.5 Å². The molecule has 0 radical (unpaired) electrons. The Kier molecular flexibility index (Phi) is 7.97. The van der Waals surface area contributed by atoms with E-state index in [2.05, 4.69) is 27.0 Å². The van der Waals surface area contributed by atoms with Gasteiger partial charge in [-0.1, -0.05) is 54.0 Å². The molecule has 1 aliphatic rings. The minimum absolute atomic E-state index is 0.0750. The maximum absolute atomic E-state index is 12.7. The summed E-state index contributed by atoms with van der Waals surface area (Å²) in [5.41, 5.74) is 3.67. The summed E-state index contributed by atoms with van der Waals surface area (Å²) in [6.45, 7) is 7.14. The van der Waals surface area contributed by atoms with Crippen molar-refractivity contribution >= 4 is 63.6 Å². The van der Waals surface area contributed by atoms with Gasteiger partial charge in [0.2, 0.25) is 5.91 Å². The number of nitrogens with one attached hydrogen (secondary N) is 1. The summed E-state index contributed by atoms with van der Waals surface area (Å²) in [6, 6.07) is 13.3. The summed E-state index contributed by atoms with van der Waals surface area (Å²) in [6.07, 6.45) is 0. The number of carbonyl (C=O) groups is 1. The van der Waals surface area contributed by atoms with Gasteiger partial charge in [0.05, 0.1) is 22.8 Å². The average molecular weight is 508 g/mol. The Morgan fingerprint density at radius 2 is 1.81 bits per heavy atom. The van der Waals surface area contributed by atoms with Gasteiger partial charge in [-0.15, -0.1) is 11.3 Å². The van der Waals surface area contributed by atoms with Crippen molar-refractivity contribution in [1.82, 2.24) is 9.88 Å². The molecule has 1 aliphatic heterocycles. The van der Waals surface area contributed by atoms with Crippen molar-refractivity contribution in [2.45, 2.75) is 11.3 Å². The molecule has 0 spiro atoms. The maximum Gasteiger partial charge on any atom is 0.234 e. The Balaban J connectivity index is 1.37. The molecular weight excluding hydrogens is 483 g/mol. The number of likely N-dealkylation sites (N-methyl/N-ethyl adjacent to an activating group) is 1. The first-order valence-corrected chi connectivity index (χ1v) is 13.0. The van der Waals surface area contributed by atoms with Crippen LogP contribution in [0.2, 0.25) is 10.0 Å². The number of thiazole rings is 1. The summed E-state index contributed by atoms with van der Waals surface area (Å²) in [5, 5.41) is 6.35. The van der Waals surface area contributed by atoms with Crippen molar-refractivity contribution in [3.63, 3.8) is 0 Å². The first-order valence-electron chi connectivity index (χ1n) is 10.4. The summed E-state index contributed by atoms with van der Waals surface area (Å²) in [4.78, 5) is 22.1. The van der Waals surface area contributed by atoms with Gasteiger partial charge in [0.1, 0.15) is 0 Å². The van der Waals surface area contributed by atoms with Crippen LogP contribution in [0.4, 0.5) is 11.4 Å². The lowest BCUT2D eigenvalue weighted by atomic mass is 10.2. The van der Waals surface area contributed by atoms with Crippen molar-refractivity contribution in [3.8, 4) is 11.3 Å². The highest BCUT2D eigenvalue weighted by molar-refractivity contribution is 8.01. The minimum atomic E-state index is -0.0750. The first-order chi connectivity index (χ1) is 15.5. The standard InChI is InChI=1S/C23H24Cl2N4OS2/c1-2-28-9-11-29(12-10-28)21-8-7-18(25)13-19(21)26-22(30)15-32-23-27-20(14-31-23)16-3-5-17(24)6-4-16/h3-8,13-14H,2,9-12,15H2,1H3,(H,26,30). The predicted molar refractivity (Wildman–Crippen MR) is 138 cm³/mol. The smallest absolute Gasteiger partial charge is 0.234 e. The van der Waals surface area contributed by atoms with Crippen LogP contribution in [0.1, 0.15) is 6.92 Å². The predicted octanol–water partition coefficient (Wildman–Crippen LogP) is 5.99. The van der Waals surface area contributed by atoms with E-state index < -0.39 is 0 Å². The molecule has 9 heteroatoms. The van der Waals surface area contributed by atoms with Crippen molar-refractivity contribution in [2.75, 3.05) is 48.7 Å². The van der Waals surface area contributed by atoms with Crippen LogP contribution in [0.15, 0.2) is 52.2 Å². The van der Waals surface area contributed by atoms with Crippen LogP contribution >= 0.6 is 46.3 Å². The summed E-state index contributed by atoms with van der Waals surface area (Å²) >= 11 is 15.2. The van der Waals surface area contributed by atoms with E-state index in [0.717, 1.165) is 59.7 Å². The first kappa shape index (κ1) is 23.4. The van der Waals surface area contributed by atoms with E-state index in [4.69, 9.17) is 23.2 Å². The molecule has 0 bridgehead atoms. The van der Waals surface area contributed by atoms with Crippen LogP contribution in [0.3, 0.4) is 0 Å². The van der Waals surface area contributed by atoms with Crippen LogP contribution in [0.25, 0.3) is 11.3 Å². The number of nitrogens with zero attached hydrogens (tertiary/aromatic N) is 3. The molecule has 1 aromatic heterocycles. The zero-order valence-corrected chi connectivity index (χ0v) is 20.8. The zero-order chi connectivity index (χ0) is 22.5. The minimum Gasteiger partial charge on any atom is -0.367 e. The number of piperazine rings is 1. The second kappa shape index (κ2) is 10.9. The fourth-order valence-electron chi connectivity index (χ4n) is 3.58. The number of hydrogen-bond donors (Lipinski definition) is 1. The highest BCUT2D eigenvalue weighted by Crippen LogP contribution is 2.32. The SMILES string of the molecule is CCN1CCN(c2ccc(Cl)cc2NC(=O)CSc2nc(-c3ccc(Cl)cc3)cs2)CC1. The molecule has 1 amide bonds. The van der Waals surface area contributed by atoms with Gasteiger partial charge in [0, 0.05) is 47.2 Å². The summed E-state index contributed by atoms with van der Waals surface area (Å²) < 4.78 is 0.854. The van der Waals surface area contributed by atoms with Gasteiger partial charge >= 0.3 is 0 Å². The van der Waals surface area contributed by atoms with Crippen LogP contribution in [-0.4, -0.2) is 54.3 Å². The second-order valence-electron chi connectivity index (χ2n) is 7.43. The molecule has 0 saturated carbocycles. The van der Waals surface area contributed by atoms with E-state index in [0.29, 0.717) is 10.0 Å².